The number of alkyl halides is 3. The minimum Gasteiger partial charge on any atom is -0.252 e. The minimum atomic E-state index is -4.36. The number of benzene rings is 2. The molecule has 0 fully saturated rings. The van der Waals surface area contributed by atoms with Gasteiger partial charge in [-0.25, -0.2) is 4.98 Å². The fourth-order valence-electron chi connectivity index (χ4n) is 2.04. The Labute approximate surface area is 134 Å². The zero-order valence-electron chi connectivity index (χ0n) is 12.1. The average Bonchev–Trinajstić information content (AvgIpc) is 2.95. The summed E-state index contributed by atoms with van der Waals surface area (Å²) in [6, 6.07) is 12.7. The second-order valence-electron chi connectivity index (χ2n) is 4.87. The van der Waals surface area contributed by atoms with Crippen molar-refractivity contribution >= 4 is 32.4 Å². The van der Waals surface area contributed by atoms with E-state index in [-0.39, 0.29) is 0 Å². The van der Waals surface area contributed by atoms with Gasteiger partial charge in [-0.2, -0.15) is 18.3 Å². The number of halogens is 3. The third-order valence-corrected chi connectivity index (χ3v) is 4.16. The number of hydrogen-bond acceptors (Lipinski definition) is 4. The molecule has 7 heteroatoms. The van der Waals surface area contributed by atoms with Gasteiger partial charge in [0.05, 0.1) is 21.5 Å². The Morgan fingerprint density at radius 1 is 1.13 bits per heavy atom. The van der Waals surface area contributed by atoms with Crippen molar-refractivity contribution in [1.82, 2.24) is 4.98 Å². The van der Waals surface area contributed by atoms with E-state index in [1.54, 1.807) is 13.0 Å². The van der Waals surface area contributed by atoms with E-state index in [2.05, 4.69) is 15.5 Å². The lowest BCUT2D eigenvalue weighted by Gasteiger charge is -2.08. The van der Waals surface area contributed by atoms with Gasteiger partial charge in [-0.05, 0) is 36.8 Å². The predicted octanol–water partition coefficient (Wildman–Crippen LogP) is 5.15. The third-order valence-electron chi connectivity index (χ3n) is 3.22. The van der Waals surface area contributed by atoms with Gasteiger partial charge in [0, 0.05) is 0 Å². The summed E-state index contributed by atoms with van der Waals surface area (Å²) in [6.07, 6.45) is -4.36. The van der Waals surface area contributed by atoms with E-state index in [1.165, 1.54) is 17.4 Å². The van der Waals surface area contributed by atoms with Crippen LogP contribution in [0.2, 0.25) is 0 Å². The van der Waals surface area contributed by atoms with Crippen LogP contribution in [0.3, 0.4) is 0 Å². The van der Waals surface area contributed by atoms with Crippen molar-refractivity contribution in [1.29, 1.82) is 0 Å². The minimum absolute atomic E-state index is 0.411. The molecule has 0 amide bonds. The van der Waals surface area contributed by atoms with Crippen LogP contribution in [0.5, 0.6) is 0 Å². The highest BCUT2D eigenvalue weighted by Gasteiger charge is 2.30. The maximum atomic E-state index is 12.7. The van der Waals surface area contributed by atoms with Crippen LogP contribution in [0.15, 0.2) is 53.6 Å². The lowest BCUT2D eigenvalue weighted by Crippen LogP contribution is -2.07. The van der Waals surface area contributed by atoms with Gasteiger partial charge in [-0.15, -0.1) is 0 Å². The number of aromatic nitrogens is 1. The van der Waals surface area contributed by atoms with Crippen molar-refractivity contribution in [3.8, 4) is 0 Å². The number of rotatable bonds is 3. The first-order chi connectivity index (χ1) is 10.9. The van der Waals surface area contributed by atoms with E-state index in [9.17, 15) is 13.2 Å². The number of thiazole rings is 1. The molecule has 3 rings (SSSR count). The van der Waals surface area contributed by atoms with Gasteiger partial charge >= 0.3 is 6.18 Å². The molecule has 1 N–H and O–H groups in total. The van der Waals surface area contributed by atoms with Crippen LogP contribution < -0.4 is 5.43 Å². The van der Waals surface area contributed by atoms with E-state index < -0.39 is 11.7 Å². The quantitative estimate of drug-likeness (QED) is 0.531. The summed E-state index contributed by atoms with van der Waals surface area (Å²) in [4.78, 5) is 4.36. The molecular formula is C16H12F3N3S. The van der Waals surface area contributed by atoms with Crippen LogP contribution >= 0.6 is 11.3 Å². The van der Waals surface area contributed by atoms with Gasteiger partial charge in [-0.1, -0.05) is 35.6 Å². The van der Waals surface area contributed by atoms with Gasteiger partial charge in [0.15, 0.2) is 0 Å². The first-order valence-corrected chi connectivity index (χ1v) is 7.58. The Kier molecular flexibility index (Phi) is 4.04. The molecule has 0 spiro atoms. The lowest BCUT2D eigenvalue weighted by molar-refractivity contribution is -0.137. The summed E-state index contributed by atoms with van der Waals surface area (Å²) in [6.45, 7) is 1.65. The van der Waals surface area contributed by atoms with Crippen molar-refractivity contribution in [2.75, 3.05) is 5.43 Å². The normalized spacial score (nSPS) is 12.6. The van der Waals surface area contributed by atoms with Gasteiger partial charge < -0.3 is 0 Å². The van der Waals surface area contributed by atoms with Crippen molar-refractivity contribution < 1.29 is 13.2 Å². The van der Waals surface area contributed by atoms with E-state index in [0.29, 0.717) is 16.4 Å². The highest BCUT2D eigenvalue weighted by atomic mass is 32.1. The number of anilines is 1. The summed E-state index contributed by atoms with van der Waals surface area (Å²) in [5.41, 5.74) is 3.83. The fourth-order valence-corrected chi connectivity index (χ4v) is 2.85. The Balaban J connectivity index is 1.82. The Morgan fingerprint density at radius 3 is 2.65 bits per heavy atom. The van der Waals surface area contributed by atoms with Gasteiger partial charge in [0.1, 0.15) is 0 Å². The molecule has 0 atom stereocenters. The molecule has 0 unspecified atom stereocenters. The second-order valence-corrected chi connectivity index (χ2v) is 5.90. The van der Waals surface area contributed by atoms with E-state index >= 15 is 0 Å². The first-order valence-electron chi connectivity index (χ1n) is 6.77. The van der Waals surface area contributed by atoms with Crippen LogP contribution in [0, 0.1) is 0 Å². The maximum absolute atomic E-state index is 12.7. The molecule has 1 heterocycles. The molecule has 23 heavy (non-hydrogen) atoms. The highest BCUT2D eigenvalue weighted by molar-refractivity contribution is 7.22. The van der Waals surface area contributed by atoms with Crippen LogP contribution in [-0.2, 0) is 6.18 Å². The van der Waals surface area contributed by atoms with Crippen molar-refractivity contribution in [3.05, 3.63) is 59.7 Å². The largest absolute Gasteiger partial charge is 0.416 e. The Morgan fingerprint density at radius 2 is 1.91 bits per heavy atom. The molecule has 0 aliphatic rings. The molecule has 0 aliphatic heterocycles. The summed E-state index contributed by atoms with van der Waals surface area (Å²) in [5, 5.41) is 4.73. The summed E-state index contributed by atoms with van der Waals surface area (Å²) in [7, 11) is 0. The summed E-state index contributed by atoms with van der Waals surface area (Å²) < 4.78 is 39.2. The number of nitrogens with one attached hydrogen (secondary N) is 1. The van der Waals surface area contributed by atoms with Crippen molar-refractivity contribution in [2.45, 2.75) is 13.1 Å². The standard InChI is InChI=1S/C16H12F3N3S/c1-10(11-5-4-6-12(9-11)16(17,18)19)21-22-15-20-13-7-2-3-8-14(13)23-15/h2-9H,1H3,(H,20,22)/b21-10-. The number of fused-ring (bicyclic) bond motifs is 1. The van der Waals surface area contributed by atoms with Crippen LogP contribution in [-0.4, -0.2) is 10.7 Å². The topological polar surface area (TPSA) is 37.3 Å². The molecule has 1 aromatic heterocycles. The van der Waals surface area contributed by atoms with Crippen LogP contribution in [0.25, 0.3) is 10.2 Å². The van der Waals surface area contributed by atoms with E-state index in [0.717, 1.165) is 22.3 Å². The van der Waals surface area contributed by atoms with Gasteiger partial charge in [0.25, 0.3) is 0 Å². The smallest absolute Gasteiger partial charge is 0.252 e. The average molecular weight is 335 g/mol. The van der Waals surface area contributed by atoms with E-state index in [1.807, 2.05) is 24.3 Å². The SMILES string of the molecule is C/C(=N/Nc1nc2ccccc2s1)c1cccc(C(F)(F)F)c1. The van der Waals surface area contributed by atoms with Crippen LogP contribution in [0.4, 0.5) is 18.3 Å². The molecule has 0 bridgehead atoms. The predicted molar refractivity (Wildman–Crippen MR) is 86.9 cm³/mol. The van der Waals surface area contributed by atoms with Crippen molar-refractivity contribution in [2.24, 2.45) is 5.10 Å². The molecule has 0 saturated carbocycles. The summed E-state index contributed by atoms with van der Waals surface area (Å²) in [5.74, 6) is 0. The molecule has 3 aromatic rings. The molecule has 0 aliphatic carbocycles. The summed E-state index contributed by atoms with van der Waals surface area (Å²) >= 11 is 1.43. The van der Waals surface area contributed by atoms with Crippen molar-refractivity contribution in [3.63, 3.8) is 0 Å². The monoisotopic (exact) mass is 335 g/mol. The molecule has 118 valence electrons. The number of hydrazone groups is 1. The Bertz CT molecular complexity index is 835. The second kappa shape index (κ2) is 6.00. The molecule has 3 nitrogen and oxygen atoms in total. The van der Waals surface area contributed by atoms with Gasteiger partial charge in [-0.3, -0.25) is 5.43 Å². The molecule has 2 aromatic carbocycles. The number of nitrogens with zero attached hydrogens (tertiary/aromatic N) is 2. The zero-order valence-corrected chi connectivity index (χ0v) is 12.9. The lowest BCUT2D eigenvalue weighted by atomic mass is 10.1. The molecule has 0 radical (unpaired) electrons. The van der Waals surface area contributed by atoms with E-state index in [4.69, 9.17) is 0 Å². The third kappa shape index (κ3) is 3.50. The molecular weight excluding hydrogens is 323 g/mol. The van der Waals surface area contributed by atoms with Crippen LogP contribution in [0.1, 0.15) is 18.1 Å². The Hall–Kier alpha value is -2.41. The maximum Gasteiger partial charge on any atom is 0.416 e. The highest BCUT2D eigenvalue weighted by Crippen LogP contribution is 2.30. The zero-order chi connectivity index (χ0) is 16.4. The number of para-hydroxylation sites is 1. The fraction of sp³-hybridized carbons (Fsp3) is 0.125. The first kappa shape index (κ1) is 15.5. The van der Waals surface area contributed by atoms with Gasteiger partial charge in [0.2, 0.25) is 5.13 Å². The number of hydrogen-bond donors (Lipinski definition) is 1. The molecule has 0 saturated heterocycles.